The van der Waals surface area contributed by atoms with Gasteiger partial charge in [0.2, 0.25) is 12.3 Å². The average molecular weight is 316 g/mol. The summed E-state index contributed by atoms with van der Waals surface area (Å²) in [7, 11) is 0. The molecule has 0 unspecified atom stereocenters. The Kier molecular flexibility index (Phi) is 5.12. The van der Waals surface area contributed by atoms with Crippen molar-refractivity contribution in [3.63, 3.8) is 0 Å². The number of anilines is 1. The van der Waals surface area contributed by atoms with E-state index in [1.165, 1.54) is 5.69 Å². The first kappa shape index (κ1) is 15.8. The van der Waals surface area contributed by atoms with Crippen molar-refractivity contribution in [1.82, 2.24) is 14.7 Å². The monoisotopic (exact) mass is 316 g/mol. The predicted molar refractivity (Wildman–Crippen MR) is 89.3 cm³/mol. The maximum absolute atomic E-state index is 12.4. The Hall–Kier alpha value is -2.08. The predicted octanol–water partition coefficient (Wildman–Crippen LogP) is 0.109. The molecule has 2 aliphatic heterocycles. The molecule has 2 aliphatic rings. The van der Waals surface area contributed by atoms with Crippen molar-refractivity contribution in [2.75, 3.05) is 63.8 Å². The molecule has 0 saturated carbocycles. The Morgan fingerprint density at radius 3 is 2.17 bits per heavy atom. The number of para-hydroxylation sites is 1. The third kappa shape index (κ3) is 4.01. The van der Waals surface area contributed by atoms with Gasteiger partial charge in [-0.1, -0.05) is 18.2 Å². The van der Waals surface area contributed by atoms with E-state index in [0.717, 1.165) is 32.6 Å². The molecule has 6 heteroatoms. The summed E-state index contributed by atoms with van der Waals surface area (Å²) in [5.41, 5.74) is 1.25. The molecule has 23 heavy (non-hydrogen) atoms. The van der Waals surface area contributed by atoms with Crippen LogP contribution in [0.5, 0.6) is 0 Å². The number of carbonyl (C=O) groups excluding carboxylic acids is 2. The zero-order chi connectivity index (χ0) is 16.1. The molecule has 0 radical (unpaired) electrons. The summed E-state index contributed by atoms with van der Waals surface area (Å²) in [5, 5.41) is 0. The number of carbonyl (C=O) groups is 2. The van der Waals surface area contributed by atoms with E-state index in [1.807, 2.05) is 11.0 Å². The first-order valence-corrected chi connectivity index (χ1v) is 8.26. The van der Waals surface area contributed by atoms with Crippen LogP contribution in [0.4, 0.5) is 5.69 Å². The summed E-state index contributed by atoms with van der Waals surface area (Å²) in [4.78, 5) is 31.3. The number of benzene rings is 1. The highest BCUT2D eigenvalue weighted by Gasteiger charge is 2.24. The molecule has 1 aromatic carbocycles. The molecule has 0 atom stereocenters. The van der Waals surface area contributed by atoms with E-state index in [-0.39, 0.29) is 5.91 Å². The molecule has 2 saturated heterocycles. The lowest BCUT2D eigenvalue weighted by atomic mass is 10.2. The molecule has 6 nitrogen and oxygen atoms in total. The second-order valence-electron chi connectivity index (χ2n) is 6.12. The number of hydrogen-bond acceptors (Lipinski definition) is 4. The Morgan fingerprint density at radius 1 is 0.913 bits per heavy atom. The molecule has 0 aliphatic carbocycles. The molecule has 2 fully saturated rings. The van der Waals surface area contributed by atoms with Gasteiger partial charge in [-0.15, -0.1) is 0 Å². The second kappa shape index (κ2) is 7.46. The van der Waals surface area contributed by atoms with Gasteiger partial charge in [0.25, 0.3) is 0 Å². The Labute approximate surface area is 137 Å². The number of piperazine rings is 2. The van der Waals surface area contributed by atoms with Crippen LogP contribution in [0.2, 0.25) is 0 Å². The van der Waals surface area contributed by atoms with Gasteiger partial charge >= 0.3 is 0 Å². The molecule has 1 aromatic rings. The molecular formula is C17H24N4O2. The van der Waals surface area contributed by atoms with Crippen LogP contribution in [-0.2, 0) is 9.59 Å². The molecule has 0 N–H and O–H groups in total. The van der Waals surface area contributed by atoms with Crippen LogP contribution >= 0.6 is 0 Å². The number of amides is 2. The van der Waals surface area contributed by atoms with Gasteiger partial charge in [-0.3, -0.25) is 14.5 Å². The summed E-state index contributed by atoms with van der Waals surface area (Å²) >= 11 is 0. The van der Waals surface area contributed by atoms with Gasteiger partial charge in [-0.2, -0.15) is 0 Å². The minimum absolute atomic E-state index is 0.184. The van der Waals surface area contributed by atoms with Crippen LogP contribution < -0.4 is 4.90 Å². The quantitative estimate of drug-likeness (QED) is 0.740. The topological polar surface area (TPSA) is 47.1 Å². The van der Waals surface area contributed by atoms with Crippen LogP contribution in [0.25, 0.3) is 0 Å². The average Bonchev–Trinajstić information content (AvgIpc) is 2.63. The minimum atomic E-state index is 0.184. The lowest BCUT2D eigenvalue weighted by Crippen LogP contribution is -2.53. The molecule has 0 bridgehead atoms. The number of nitrogens with zero attached hydrogens (tertiary/aromatic N) is 4. The van der Waals surface area contributed by atoms with Crippen molar-refractivity contribution in [2.24, 2.45) is 0 Å². The maximum atomic E-state index is 12.4. The van der Waals surface area contributed by atoms with Gasteiger partial charge in [-0.05, 0) is 12.1 Å². The van der Waals surface area contributed by atoms with Crippen LogP contribution in [0, 0.1) is 0 Å². The normalized spacial score (nSPS) is 19.7. The summed E-state index contributed by atoms with van der Waals surface area (Å²) in [6, 6.07) is 10.4. The molecule has 2 heterocycles. The van der Waals surface area contributed by atoms with Crippen LogP contribution in [0.3, 0.4) is 0 Å². The fourth-order valence-electron chi connectivity index (χ4n) is 3.17. The second-order valence-corrected chi connectivity index (χ2v) is 6.12. The fraction of sp³-hybridized carbons (Fsp3) is 0.529. The molecule has 0 spiro atoms. The summed E-state index contributed by atoms with van der Waals surface area (Å²) in [6.07, 6.45) is 0.866. The Morgan fingerprint density at radius 2 is 1.57 bits per heavy atom. The van der Waals surface area contributed by atoms with Crippen molar-refractivity contribution in [2.45, 2.75) is 0 Å². The summed E-state index contributed by atoms with van der Waals surface area (Å²) in [5.74, 6) is 0.184. The molecule has 3 rings (SSSR count). The minimum Gasteiger partial charge on any atom is -0.369 e. The van der Waals surface area contributed by atoms with Gasteiger partial charge in [-0.25, -0.2) is 0 Å². The lowest BCUT2D eigenvalue weighted by Gasteiger charge is -2.38. The zero-order valence-electron chi connectivity index (χ0n) is 13.4. The van der Waals surface area contributed by atoms with Gasteiger partial charge in [0.05, 0.1) is 6.54 Å². The number of hydrogen-bond donors (Lipinski definition) is 0. The maximum Gasteiger partial charge on any atom is 0.236 e. The first-order chi connectivity index (χ1) is 11.3. The first-order valence-electron chi connectivity index (χ1n) is 8.26. The Bertz CT molecular complexity index is 521. The largest absolute Gasteiger partial charge is 0.369 e. The van der Waals surface area contributed by atoms with E-state index in [0.29, 0.717) is 32.7 Å². The highest BCUT2D eigenvalue weighted by Crippen LogP contribution is 2.15. The van der Waals surface area contributed by atoms with Crippen molar-refractivity contribution in [3.05, 3.63) is 30.3 Å². The standard InChI is InChI=1S/C17H24N4O2/c22-15-19-8-12-21(13-9-19)17(23)14-18-6-10-20(11-7-18)16-4-2-1-3-5-16/h1-5,15H,6-14H2. The highest BCUT2D eigenvalue weighted by atomic mass is 16.2. The van der Waals surface area contributed by atoms with Gasteiger partial charge in [0.1, 0.15) is 0 Å². The Balaban J connectivity index is 1.44. The molecule has 124 valence electrons. The van der Waals surface area contributed by atoms with Crippen molar-refractivity contribution < 1.29 is 9.59 Å². The lowest BCUT2D eigenvalue weighted by molar-refractivity contribution is -0.136. The van der Waals surface area contributed by atoms with Crippen LogP contribution in [0.1, 0.15) is 0 Å². The SMILES string of the molecule is O=CN1CCN(C(=O)CN2CCN(c3ccccc3)CC2)CC1. The van der Waals surface area contributed by atoms with E-state index >= 15 is 0 Å². The van der Waals surface area contributed by atoms with Crippen molar-refractivity contribution >= 4 is 18.0 Å². The van der Waals surface area contributed by atoms with Crippen molar-refractivity contribution in [3.8, 4) is 0 Å². The molecular weight excluding hydrogens is 292 g/mol. The highest BCUT2D eigenvalue weighted by molar-refractivity contribution is 5.78. The molecule has 2 amide bonds. The fourth-order valence-corrected chi connectivity index (χ4v) is 3.17. The molecule has 0 aromatic heterocycles. The third-order valence-corrected chi connectivity index (χ3v) is 4.67. The van der Waals surface area contributed by atoms with Gasteiger partial charge in [0, 0.05) is 58.0 Å². The van der Waals surface area contributed by atoms with Gasteiger partial charge in [0.15, 0.2) is 0 Å². The van der Waals surface area contributed by atoms with E-state index < -0.39 is 0 Å². The van der Waals surface area contributed by atoms with Gasteiger partial charge < -0.3 is 14.7 Å². The zero-order valence-corrected chi connectivity index (χ0v) is 13.4. The summed E-state index contributed by atoms with van der Waals surface area (Å²) < 4.78 is 0. The van der Waals surface area contributed by atoms with Crippen LogP contribution in [0.15, 0.2) is 30.3 Å². The smallest absolute Gasteiger partial charge is 0.236 e. The van der Waals surface area contributed by atoms with E-state index in [9.17, 15) is 9.59 Å². The summed E-state index contributed by atoms with van der Waals surface area (Å²) in [6.45, 7) is 6.83. The van der Waals surface area contributed by atoms with Crippen molar-refractivity contribution in [1.29, 1.82) is 0 Å². The third-order valence-electron chi connectivity index (χ3n) is 4.67. The van der Waals surface area contributed by atoms with Crippen LogP contribution in [-0.4, -0.2) is 85.9 Å². The van der Waals surface area contributed by atoms with E-state index in [1.54, 1.807) is 4.90 Å². The number of rotatable bonds is 4. The van der Waals surface area contributed by atoms with E-state index in [4.69, 9.17) is 0 Å². The van der Waals surface area contributed by atoms with E-state index in [2.05, 4.69) is 34.1 Å².